The summed E-state index contributed by atoms with van der Waals surface area (Å²) in [5.41, 5.74) is 2.21. The maximum Gasteiger partial charge on any atom is 0.238 e. The first kappa shape index (κ1) is 23.1. The molecule has 0 bridgehead atoms. The van der Waals surface area contributed by atoms with Crippen molar-refractivity contribution in [2.45, 2.75) is 17.5 Å². The van der Waals surface area contributed by atoms with Crippen LogP contribution in [0.1, 0.15) is 31.2 Å². The van der Waals surface area contributed by atoms with E-state index in [0.29, 0.717) is 21.2 Å². The minimum atomic E-state index is -1.30. The first-order valence-electron chi connectivity index (χ1n) is 12.4. The van der Waals surface area contributed by atoms with E-state index in [-0.39, 0.29) is 17.5 Å². The number of nitrogens with zero attached hydrogens (tertiary/aromatic N) is 1. The highest BCUT2D eigenvalue weighted by atomic mass is 35.5. The first-order chi connectivity index (χ1) is 18.5. The summed E-state index contributed by atoms with van der Waals surface area (Å²) in [5, 5.41) is 5.46. The van der Waals surface area contributed by atoms with Gasteiger partial charge in [0.1, 0.15) is 11.5 Å². The predicted octanol–water partition coefficient (Wildman–Crippen LogP) is 6.26. The van der Waals surface area contributed by atoms with E-state index in [4.69, 9.17) is 11.6 Å². The van der Waals surface area contributed by atoms with Gasteiger partial charge in [0.05, 0.1) is 16.8 Å². The second kappa shape index (κ2) is 8.51. The number of carbonyl (C=O) groups is 3. The molecule has 7 heteroatoms. The van der Waals surface area contributed by atoms with Gasteiger partial charge in [-0.1, -0.05) is 78.4 Å². The van der Waals surface area contributed by atoms with Crippen LogP contribution < -0.4 is 10.2 Å². The SMILES string of the molecule is O=C(c1ccccc1)C1C(C(=O)c2cccs2)C2(C(=O)Nc3ccccc32)C2C=Cc3cc(Cl)ccc3N12. The zero-order chi connectivity index (χ0) is 26.0. The number of carbonyl (C=O) groups excluding carboxylic acids is 3. The fourth-order valence-electron chi connectivity index (χ4n) is 6.50. The number of benzene rings is 3. The monoisotopic (exact) mass is 536 g/mol. The number of Topliss-reactive ketones (excluding diaryl/α,β-unsaturated/α-hetero) is 2. The van der Waals surface area contributed by atoms with Gasteiger partial charge in [0.15, 0.2) is 11.6 Å². The molecule has 5 nitrogen and oxygen atoms in total. The number of hydrogen-bond acceptors (Lipinski definition) is 5. The van der Waals surface area contributed by atoms with Gasteiger partial charge in [0.25, 0.3) is 0 Å². The molecule has 1 amide bonds. The molecule has 4 heterocycles. The molecular weight excluding hydrogens is 516 g/mol. The molecule has 1 aromatic heterocycles. The largest absolute Gasteiger partial charge is 0.352 e. The number of para-hydroxylation sites is 1. The van der Waals surface area contributed by atoms with Gasteiger partial charge in [0.2, 0.25) is 5.91 Å². The van der Waals surface area contributed by atoms with Crippen LogP contribution in [0.2, 0.25) is 5.02 Å². The Balaban J connectivity index is 1.55. The number of fused-ring (bicyclic) bond motifs is 6. The lowest BCUT2D eigenvalue weighted by molar-refractivity contribution is -0.121. The van der Waals surface area contributed by atoms with Crippen molar-refractivity contribution < 1.29 is 14.4 Å². The zero-order valence-corrected chi connectivity index (χ0v) is 21.6. The summed E-state index contributed by atoms with van der Waals surface area (Å²) in [4.78, 5) is 45.7. The zero-order valence-electron chi connectivity index (χ0n) is 20.0. The second-order valence-corrected chi connectivity index (χ2v) is 11.2. The van der Waals surface area contributed by atoms with Gasteiger partial charge >= 0.3 is 0 Å². The number of halogens is 1. The Bertz CT molecular complexity index is 1650. The van der Waals surface area contributed by atoms with E-state index in [1.807, 2.05) is 83.1 Å². The van der Waals surface area contributed by atoms with Crippen molar-refractivity contribution in [3.05, 3.63) is 123 Å². The van der Waals surface area contributed by atoms with Crippen LogP contribution in [0.15, 0.2) is 96.4 Å². The number of thiophene rings is 1. The van der Waals surface area contributed by atoms with E-state index in [1.54, 1.807) is 24.3 Å². The van der Waals surface area contributed by atoms with Gasteiger partial charge in [-0.25, -0.2) is 0 Å². The van der Waals surface area contributed by atoms with E-state index in [1.165, 1.54) is 11.3 Å². The molecule has 3 aromatic carbocycles. The molecule has 0 radical (unpaired) electrons. The molecular formula is C31H21ClN2O3S. The Hall–Kier alpha value is -4.00. The van der Waals surface area contributed by atoms with Gasteiger partial charge in [-0.15, -0.1) is 11.3 Å². The molecule has 1 spiro atoms. The Labute approximate surface area is 228 Å². The minimum Gasteiger partial charge on any atom is -0.352 e. The molecule has 3 aliphatic heterocycles. The summed E-state index contributed by atoms with van der Waals surface area (Å²) in [6.45, 7) is 0. The molecule has 3 aliphatic rings. The predicted molar refractivity (Wildman–Crippen MR) is 150 cm³/mol. The number of ketones is 2. The highest BCUT2D eigenvalue weighted by molar-refractivity contribution is 7.12. The number of hydrogen-bond donors (Lipinski definition) is 1. The average Bonchev–Trinajstić information content (AvgIpc) is 3.65. The van der Waals surface area contributed by atoms with Gasteiger partial charge in [-0.05, 0) is 46.8 Å². The van der Waals surface area contributed by atoms with Crippen LogP contribution in [0.25, 0.3) is 6.08 Å². The first-order valence-corrected chi connectivity index (χ1v) is 13.6. The fourth-order valence-corrected chi connectivity index (χ4v) is 7.38. The van der Waals surface area contributed by atoms with Crippen LogP contribution in [-0.4, -0.2) is 29.6 Å². The van der Waals surface area contributed by atoms with Crippen LogP contribution in [0, 0.1) is 5.92 Å². The third kappa shape index (κ3) is 3.08. The van der Waals surface area contributed by atoms with Crippen molar-refractivity contribution >= 4 is 57.9 Å². The quantitative estimate of drug-likeness (QED) is 0.313. The maximum absolute atomic E-state index is 14.5. The van der Waals surface area contributed by atoms with Crippen LogP contribution >= 0.6 is 22.9 Å². The van der Waals surface area contributed by atoms with Gasteiger partial charge < -0.3 is 10.2 Å². The molecule has 1 fully saturated rings. The third-order valence-electron chi connectivity index (χ3n) is 7.97. The summed E-state index contributed by atoms with van der Waals surface area (Å²) in [6.07, 6.45) is 3.90. The minimum absolute atomic E-state index is 0.198. The molecule has 4 aromatic rings. The average molecular weight is 537 g/mol. The van der Waals surface area contributed by atoms with Crippen LogP contribution in [0.4, 0.5) is 11.4 Å². The van der Waals surface area contributed by atoms with E-state index in [0.717, 1.165) is 16.8 Å². The van der Waals surface area contributed by atoms with E-state index < -0.39 is 23.4 Å². The van der Waals surface area contributed by atoms with E-state index in [9.17, 15) is 14.4 Å². The second-order valence-electron chi connectivity index (χ2n) is 9.78. The smallest absolute Gasteiger partial charge is 0.238 e. The summed E-state index contributed by atoms with van der Waals surface area (Å²) < 4.78 is 0. The summed E-state index contributed by atoms with van der Waals surface area (Å²) in [7, 11) is 0. The van der Waals surface area contributed by atoms with E-state index in [2.05, 4.69) is 5.32 Å². The molecule has 0 saturated carbocycles. The normalized spacial score (nSPS) is 24.6. The summed E-state index contributed by atoms with van der Waals surface area (Å²) >= 11 is 7.66. The van der Waals surface area contributed by atoms with Crippen molar-refractivity contribution in [2.24, 2.45) is 5.92 Å². The van der Waals surface area contributed by atoms with Crippen molar-refractivity contribution in [2.75, 3.05) is 10.2 Å². The topological polar surface area (TPSA) is 66.5 Å². The van der Waals surface area contributed by atoms with Crippen molar-refractivity contribution in [1.82, 2.24) is 0 Å². The molecule has 0 aliphatic carbocycles. The lowest BCUT2D eigenvalue weighted by Gasteiger charge is -2.37. The fraction of sp³-hybridized carbons (Fsp3) is 0.129. The maximum atomic E-state index is 14.5. The lowest BCUT2D eigenvalue weighted by Crippen LogP contribution is -2.51. The number of amides is 1. The Kier molecular flexibility index (Phi) is 5.18. The molecule has 1 saturated heterocycles. The van der Waals surface area contributed by atoms with Crippen LogP contribution in [-0.2, 0) is 10.2 Å². The molecule has 38 heavy (non-hydrogen) atoms. The molecule has 7 rings (SSSR count). The number of rotatable bonds is 4. The highest BCUT2D eigenvalue weighted by Gasteiger charge is 2.70. The van der Waals surface area contributed by atoms with Crippen molar-refractivity contribution in [1.29, 1.82) is 0 Å². The summed E-state index contributed by atoms with van der Waals surface area (Å²) in [5.74, 6) is -1.64. The Morgan fingerprint density at radius 2 is 1.71 bits per heavy atom. The number of anilines is 2. The van der Waals surface area contributed by atoms with Crippen LogP contribution in [0.5, 0.6) is 0 Å². The van der Waals surface area contributed by atoms with Crippen LogP contribution in [0.3, 0.4) is 0 Å². The molecule has 4 atom stereocenters. The van der Waals surface area contributed by atoms with Gasteiger partial charge in [-0.2, -0.15) is 0 Å². The third-order valence-corrected chi connectivity index (χ3v) is 9.09. The van der Waals surface area contributed by atoms with E-state index >= 15 is 0 Å². The van der Waals surface area contributed by atoms with Gasteiger partial charge in [-0.3, -0.25) is 14.4 Å². The summed E-state index contributed by atoms with van der Waals surface area (Å²) in [6, 6.07) is 24.1. The Morgan fingerprint density at radius 1 is 0.921 bits per heavy atom. The molecule has 1 N–H and O–H groups in total. The van der Waals surface area contributed by atoms with Crippen molar-refractivity contribution in [3.8, 4) is 0 Å². The molecule has 4 unspecified atom stereocenters. The molecule has 186 valence electrons. The lowest BCUT2D eigenvalue weighted by atomic mass is 9.64. The van der Waals surface area contributed by atoms with Crippen molar-refractivity contribution in [3.63, 3.8) is 0 Å². The Morgan fingerprint density at radius 3 is 2.50 bits per heavy atom. The highest BCUT2D eigenvalue weighted by Crippen LogP contribution is 2.58. The number of nitrogens with one attached hydrogen (secondary N) is 1. The van der Waals surface area contributed by atoms with Gasteiger partial charge in [0, 0.05) is 22.0 Å². The standard InChI is InChI=1S/C31H21ClN2O3S/c32-20-13-14-23-19(17-20)12-15-25-31(21-9-4-5-10-22(21)33-30(31)37)26(29(36)24-11-6-16-38-24)27(34(23)25)28(35)18-7-2-1-3-8-18/h1-17,25-27H,(H,33,37).